The number of nitrogens with one attached hydrogen (secondary N) is 1. The Kier molecular flexibility index (Phi) is 7.15. The Morgan fingerprint density at radius 2 is 1.82 bits per heavy atom. The molecule has 0 bridgehead atoms. The van der Waals surface area contributed by atoms with Crippen molar-refractivity contribution < 1.29 is 9.72 Å². The van der Waals surface area contributed by atoms with Crippen molar-refractivity contribution in [2.45, 2.75) is 6.92 Å². The van der Waals surface area contributed by atoms with E-state index in [1.165, 1.54) is 23.5 Å². The van der Waals surface area contributed by atoms with E-state index in [2.05, 4.69) is 5.32 Å². The van der Waals surface area contributed by atoms with E-state index in [0.29, 0.717) is 10.6 Å². The molecule has 0 spiro atoms. The largest absolute Gasteiger partial charge is 0.348 e. The molecular formula is C26H20ClN3O3S. The smallest absolute Gasteiger partial charge is 0.273 e. The number of halogens is 1. The van der Waals surface area contributed by atoms with Gasteiger partial charge in [-0.3, -0.25) is 14.9 Å². The number of hydrogen-bond donors (Lipinski definition) is 1. The molecule has 8 heteroatoms. The van der Waals surface area contributed by atoms with Gasteiger partial charge in [0, 0.05) is 45.3 Å². The molecule has 4 rings (SSSR count). The summed E-state index contributed by atoms with van der Waals surface area (Å²) < 4.78 is 0. The van der Waals surface area contributed by atoms with E-state index in [-0.39, 0.29) is 17.8 Å². The van der Waals surface area contributed by atoms with Crippen LogP contribution < -0.4 is 5.32 Å². The second-order valence-corrected chi connectivity index (χ2v) is 8.75. The average molecular weight is 490 g/mol. The van der Waals surface area contributed by atoms with Crippen molar-refractivity contribution in [3.05, 3.63) is 115 Å². The Hall–Kier alpha value is -3.81. The molecule has 1 N–H and O–H groups in total. The first-order chi connectivity index (χ1) is 16.4. The van der Waals surface area contributed by atoms with Crippen LogP contribution in [0.15, 0.2) is 78.2 Å². The van der Waals surface area contributed by atoms with Gasteiger partial charge < -0.3 is 5.32 Å². The molecule has 6 nitrogen and oxygen atoms in total. The number of carbonyl (C=O) groups is 1. The van der Waals surface area contributed by atoms with Gasteiger partial charge in [-0.05, 0) is 30.7 Å². The highest BCUT2D eigenvalue weighted by Crippen LogP contribution is 2.29. The SMILES string of the molecule is Cc1c(C(=O)NC/C(=C\c2ccccc2Cl)c2nc(-c3ccccc3)cs2)cccc1[N+](=O)[O-]. The van der Waals surface area contributed by atoms with Crippen LogP contribution in [0.3, 0.4) is 0 Å². The standard InChI is InChI=1S/C26H20ClN3O3S/c1-17-21(11-7-13-24(17)30(32)33)25(31)28-15-20(14-19-10-5-6-12-22(19)27)26-29-23(16-34-26)18-8-3-2-4-9-18/h2-14,16H,15H2,1H3,(H,28,31)/b20-14+. The van der Waals surface area contributed by atoms with Crippen molar-refractivity contribution >= 4 is 46.2 Å². The summed E-state index contributed by atoms with van der Waals surface area (Å²) in [6, 6.07) is 21.7. The van der Waals surface area contributed by atoms with Crippen molar-refractivity contribution in [3.8, 4) is 11.3 Å². The number of nitrogens with zero attached hydrogens (tertiary/aromatic N) is 2. The zero-order valence-corrected chi connectivity index (χ0v) is 19.8. The third-order valence-electron chi connectivity index (χ3n) is 5.27. The summed E-state index contributed by atoms with van der Waals surface area (Å²) in [5.74, 6) is -0.397. The Morgan fingerprint density at radius 1 is 1.09 bits per heavy atom. The zero-order valence-electron chi connectivity index (χ0n) is 18.2. The number of nitro benzene ring substituents is 1. The van der Waals surface area contributed by atoms with E-state index >= 15 is 0 Å². The second kappa shape index (κ2) is 10.4. The molecule has 1 amide bonds. The minimum Gasteiger partial charge on any atom is -0.348 e. The molecule has 0 aliphatic heterocycles. The third kappa shape index (κ3) is 5.22. The van der Waals surface area contributed by atoms with Crippen molar-refractivity contribution in [2.24, 2.45) is 0 Å². The van der Waals surface area contributed by atoms with Crippen LogP contribution >= 0.6 is 22.9 Å². The minimum absolute atomic E-state index is 0.0908. The van der Waals surface area contributed by atoms with Gasteiger partial charge >= 0.3 is 0 Å². The molecule has 0 saturated carbocycles. The lowest BCUT2D eigenvalue weighted by molar-refractivity contribution is -0.385. The topological polar surface area (TPSA) is 85.1 Å². The maximum absolute atomic E-state index is 12.9. The van der Waals surface area contributed by atoms with Gasteiger partial charge in [0.1, 0.15) is 5.01 Å². The first kappa shape index (κ1) is 23.4. The summed E-state index contributed by atoms with van der Waals surface area (Å²) in [5, 5.41) is 17.4. The highest BCUT2D eigenvalue weighted by molar-refractivity contribution is 7.11. The third-order valence-corrected chi connectivity index (χ3v) is 6.53. The highest BCUT2D eigenvalue weighted by Gasteiger charge is 2.19. The number of rotatable bonds is 7. The van der Waals surface area contributed by atoms with E-state index in [4.69, 9.17) is 16.6 Å². The van der Waals surface area contributed by atoms with E-state index in [9.17, 15) is 14.9 Å². The normalized spacial score (nSPS) is 11.3. The van der Waals surface area contributed by atoms with Crippen LogP contribution in [0.2, 0.25) is 5.02 Å². The molecule has 170 valence electrons. The molecule has 0 fully saturated rings. The van der Waals surface area contributed by atoms with Gasteiger partial charge in [-0.2, -0.15) is 0 Å². The molecular weight excluding hydrogens is 470 g/mol. The van der Waals surface area contributed by atoms with Crippen molar-refractivity contribution in [2.75, 3.05) is 6.54 Å². The highest BCUT2D eigenvalue weighted by atomic mass is 35.5. The van der Waals surface area contributed by atoms with Crippen molar-refractivity contribution in [1.82, 2.24) is 10.3 Å². The molecule has 0 saturated heterocycles. The lowest BCUT2D eigenvalue weighted by Crippen LogP contribution is -2.26. The summed E-state index contributed by atoms with van der Waals surface area (Å²) in [6.45, 7) is 1.74. The number of carbonyl (C=O) groups excluding carboxylic acids is 1. The summed E-state index contributed by atoms with van der Waals surface area (Å²) in [4.78, 5) is 28.5. The fourth-order valence-electron chi connectivity index (χ4n) is 3.47. The molecule has 1 aromatic heterocycles. The van der Waals surface area contributed by atoms with Crippen molar-refractivity contribution in [1.29, 1.82) is 0 Å². The average Bonchev–Trinajstić information content (AvgIpc) is 3.33. The molecule has 0 atom stereocenters. The molecule has 0 radical (unpaired) electrons. The lowest BCUT2D eigenvalue weighted by Gasteiger charge is -2.10. The van der Waals surface area contributed by atoms with Gasteiger partial charge in [-0.1, -0.05) is 66.2 Å². The van der Waals surface area contributed by atoms with Gasteiger partial charge in [0.15, 0.2) is 0 Å². The van der Waals surface area contributed by atoms with Crippen LogP contribution in [0, 0.1) is 17.0 Å². The molecule has 0 unspecified atom stereocenters. The van der Waals surface area contributed by atoms with Gasteiger partial charge in [0.05, 0.1) is 10.6 Å². The molecule has 4 aromatic rings. The lowest BCUT2D eigenvalue weighted by atomic mass is 10.1. The molecule has 34 heavy (non-hydrogen) atoms. The molecule has 0 aliphatic rings. The zero-order chi connectivity index (χ0) is 24.1. The summed E-state index contributed by atoms with van der Waals surface area (Å²) in [5.41, 5.74) is 3.91. The fraction of sp³-hybridized carbons (Fsp3) is 0.0769. The van der Waals surface area contributed by atoms with Gasteiger partial charge in [-0.15, -0.1) is 11.3 Å². The number of benzene rings is 3. The van der Waals surface area contributed by atoms with E-state index in [1.54, 1.807) is 19.1 Å². The van der Waals surface area contributed by atoms with Gasteiger partial charge in [0.25, 0.3) is 11.6 Å². The Bertz CT molecular complexity index is 1380. The second-order valence-electron chi connectivity index (χ2n) is 7.48. The molecule has 1 heterocycles. The van der Waals surface area contributed by atoms with Crippen LogP contribution in [-0.4, -0.2) is 22.4 Å². The van der Waals surface area contributed by atoms with E-state index < -0.39 is 10.8 Å². The van der Waals surface area contributed by atoms with E-state index in [1.807, 2.05) is 60.0 Å². The van der Waals surface area contributed by atoms with Crippen LogP contribution in [-0.2, 0) is 0 Å². The van der Waals surface area contributed by atoms with Gasteiger partial charge in [0.2, 0.25) is 0 Å². The Labute approximate surface area is 205 Å². The summed E-state index contributed by atoms with van der Waals surface area (Å²) in [6.07, 6.45) is 1.90. The Balaban J connectivity index is 1.65. The molecule has 3 aromatic carbocycles. The van der Waals surface area contributed by atoms with Crippen molar-refractivity contribution in [3.63, 3.8) is 0 Å². The number of aromatic nitrogens is 1. The predicted octanol–water partition coefficient (Wildman–Crippen LogP) is 6.65. The fourth-order valence-corrected chi connectivity index (χ4v) is 4.50. The van der Waals surface area contributed by atoms with Gasteiger partial charge in [-0.25, -0.2) is 4.98 Å². The first-order valence-corrected chi connectivity index (χ1v) is 11.7. The van der Waals surface area contributed by atoms with E-state index in [0.717, 1.165) is 27.4 Å². The summed E-state index contributed by atoms with van der Waals surface area (Å²) >= 11 is 7.84. The maximum Gasteiger partial charge on any atom is 0.273 e. The number of thiazole rings is 1. The quantitative estimate of drug-likeness (QED) is 0.232. The molecule has 0 aliphatic carbocycles. The Morgan fingerprint density at radius 3 is 2.56 bits per heavy atom. The van der Waals surface area contributed by atoms with Crippen LogP contribution in [0.5, 0.6) is 0 Å². The summed E-state index contributed by atoms with van der Waals surface area (Å²) in [7, 11) is 0. The predicted molar refractivity (Wildman–Crippen MR) is 137 cm³/mol. The maximum atomic E-state index is 12.9. The van der Waals surface area contributed by atoms with Crippen LogP contribution in [0.4, 0.5) is 5.69 Å². The number of hydrogen-bond acceptors (Lipinski definition) is 5. The number of nitro groups is 1. The number of amides is 1. The monoisotopic (exact) mass is 489 g/mol. The van der Waals surface area contributed by atoms with Crippen LogP contribution in [0.1, 0.15) is 26.5 Å². The first-order valence-electron chi connectivity index (χ1n) is 10.4. The minimum atomic E-state index is -0.491. The van der Waals surface area contributed by atoms with Crippen LogP contribution in [0.25, 0.3) is 22.9 Å².